The maximum Gasteiger partial charge on any atom is 0.164 e. The Morgan fingerprint density at radius 3 is 2.76 bits per heavy atom. The smallest absolute Gasteiger partial charge is 0.164 e. The fraction of sp³-hybridized carbons (Fsp3) is 0.500. The number of hydrogen-bond donors (Lipinski definition) is 4. The summed E-state index contributed by atoms with van der Waals surface area (Å²) in [5, 5.41) is 28.8. The van der Waals surface area contributed by atoms with Crippen LogP contribution in [0, 0.1) is 0 Å². The predicted molar refractivity (Wildman–Crippen MR) is 69.8 cm³/mol. The van der Waals surface area contributed by atoms with Crippen molar-refractivity contribution in [3.05, 3.63) is 18.1 Å². The lowest BCUT2D eigenvalue weighted by atomic mass is 10.1. The number of rotatable bonds is 3. The molecule has 0 aromatic carbocycles. The van der Waals surface area contributed by atoms with E-state index in [2.05, 4.69) is 9.97 Å². The molecule has 0 radical (unpaired) electrons. The number of aromatic nitrogens is 3. The molecule has 0 aliphatic carbocycles. The fourth-order valence-corrected chi connectivity index (χ4v) is 2.59. The van der Waals surface area contributed by atoms with Gasteiger partial charge < -0.3 is 30.4 Å². The van der Waals surface area contributed by atoms with Gasteiger partial charge in [-0.25, -0.2) is 14.4 Å². The van der Waals surface area contributed by atoms with Crippen molar-refractivity contribution in [2.45, 2.75) is 31.2 Å². The van der Waals surface area contributed by atoms with Gasteiger partial charge in [-0.05, 0) is 0 Å². The quantitative estimate of drug-likeness (QED) is 0.578. The van der Waals surface area contributed by atoms with Gasteiger partial charge in [-0.1, -0.05) is 0 Å². The maximum atomic E-state index is 13.8. The molecule has 1 aliphatic rings. The van der Waals surface area contributed by atoms with E-state index in [-0.39, 0.29) is 12.4 Å². The van der Waals surface area contributed by atoms with Crippen LogP contribution < -0.4 is 5.73 Å². The summed E-state index contributed by atoms with van der Waals surface area (Å²) in [6.07, 6.45) is -2.63. The zero-order valence-corrected chi connectivity index (χ0v) is 10.9. The van der Waals surface area contributed by atoms with Crippen LogP contribution in [0.25, 0.3) is 11.0 Å². The van der Waals surface area contributed by atoms with E-state index in [1.165, 1.54) is 17.1 Å². The molecule has 0 amide bonds. The second kappa shape index (κ2) is 5.19. The number of hydrogen-bond acceptors (Lipinski definition) is 7. The average Bonchev–Trinajstić information content (AvgIpc) is 2.99. The summed E-state index contributed by atoms with van der Waals surface area (Å²) >= 11 is 0. The van der Waals surface area contributed by atoms with Crippen LogP contribution >= 0.6 is 0 Å². The fourth-order valence-electron chi connectivity index (χ4n) is 2.59. The van der Waals surface area contributed by atoms with E-state index in [0.717, 1.165) is 0 Å². The molecule has 5 N–H and O–H groups in total. The maximum absolute atomic E-state index is 13.8. The molecular weight excluding hydrogens is 283 g/mol. The van der Waals surface area contributed by atoms with Crippen molar-refractivity contribution in [3.63, 3.8) is 0 Å². The lowest BCUT2D eigenvalue weighted by molar-refractivity contribution is -0.0493. The van der Waals surface area contributed by atoms with Gasteiger partial charge in [0.15, 0.2) is 12.4 Å². The third kappa shape index (κ3) is 2.05. The summed E-state index contributed by atoms with van der Waals surface area (Å²) in [5.74, 6) is 0.172. The Morgan fingerprint density at radius 1 is 1.38 bits per heavy atom. The average molecular weight is 298 g/mol. The molecule has 21 heavy (non-hydrogen) atoms. The van der Waals surface area contributed by atoms with Crippen LogP contribution in [-0.2, 0) is 11.3 Å². The van der Waals surface area contributed by atoms with Gasteiger partial charge in [-0.3, -0.25) is 0 Å². The van der Waals surface area contributed by atoms with Crippen molar-refractivity contribution < 1.29 is 24.4 Å². The number of alkyl halides is 1. The Bertz CT molecular complexity index is 664. The van der Waals surface area contributed by atoms with Gasteiger partial charge >= 0.3 is 0 Å². The molecule has 4 atom stereocenters. The minimum atomic E-state index is -1.71. The van der Waals surface area contributed by atoms with Gasteiger partial charge in [0.25, 0.3) is 0 Å². The number of aliphatic hydroxyl groups excluding tert-OH is 3. The molecule has 0 bridgehead atoms. The standard InChI is InChI=1S/C12H15FN4O4/c13-8-6(3-19)21-12(9(8)20)17-1-5(2-18)7-10(14)15-4-16-11(7)17/h1,4,6,8-9,12,18-20H,2-3H2,(H2,14,15,16)/t6-,8-,9-,12-/m1/s1. The highest BCUT2D eigenvalue weighted by atomic mass is 19.1. The number of halogens is 1. The third-order valence-electron chi connectivity index (χ3n) is 3.63. The molecule has 3 heterocycles. The van der Waals surface area contributed by atoms with Crippen LogP contribution in [0.5, 0.6) is 0 Å². The van der Waals surface area contributed by atoms with Crippen LogP contribution in [0.3, 0.4) is 0 Å². The number of aliphatic hydroxyl groups is 3. The zero-order valence-electron chi connectivity index (χ0n) is 10.9. The van der Waals surface area contributed by atoms with Gasteiger partial charge in [0, 0.05) is 11.8 Å². The highest BCUT2D eigenvalue weighted by molar-refractivity contribution is 5.89. The van der Waals surface area contributed by atoms with Crippen LogP contribution in [-0.4, -0.2) is 54.8 Å². The van der Waals surface area contributed by atoms with E-state index in [1.54, 1.807) is 0 Å². The molecule has 0 unspecified atom stereocenters. The monoisotopic (exact) mass is 298 g/mol. The molecule has 3 rings (SSSR count). The van der Waals surface area contributed by atoms with E-state index in [9.17, 15) is 14.6 Å². The van der Waals surface area contributed by atoms with E-state index in [4.69, 9.17) is 15.6 Å². The van der Waals surface area contributed by atoms with Crippen molar-refractivity contribution in [1.82, 2.24) is 14.5 Å². The molecule has 114 valence electrons. The van der Waals surface area contributed by atoms with Gasteiger partial charge in [0.05, 0.1) is 18.6 Å². The van der Waals surface area contributed by atoms with E-state index in [1.807, 2.05) is 0 Å². The highest BCUT2D eigenvalue weighted by Crippen LogP contribution is 2.35. The van der Waals surface area contributed by atoms with Gasteiger partial charge in [0.2, 0.25) is 0 Å². The molecule has 2 aromatic heterocycles. The Labute approximate surface area is 118 Å². The molecule has 9 heteroatoms. The molecular formula is C12H15FN4O4. The summed E-state index contributed by atoms with van der Waals surface area (Å²) in [7, 11) is 0. The first-order chi connectivity index (χ1) is 10.1. The first-order valence-electron chi connectivity index (χ1n) is 6.37. The molecule has 1 aliphatic heterocycles. The molecule has 2 aromatic rings. The lowest BCUT2D eigenvalue weighted by Gasteiger charge is -2.16. The minimum Gasteiger partial charge on any atom is -0.394 e. The van der Waals surface area contributed by atoms with Crippen molar-refractivity contribution >= 4 is 16.9 Å². The van der Waals surface area contributed by atoms with E-state index >= 15 is 0 Å². The molecule has 1 saturated heterocycles. The van der Waals surface area contributed by atoms with Crippen LogP contribution in [0.15, 0.2) is 12.5 Å². The van der Waals surface area contributed by atoms with Crippen LogP contribution in [0.2, 0.25) is 0 Å². The number of ether oxygens (including phenoxy) is 1. The Balaban J connectivity index is 2.11. The van der Waals surface area contributed by atoms with Gasteiger partial charge in [-0.15, -0.1) is 0 Å². The van der Waals surface area contributed by atoms with Crippen LogP contribution in [0.1, 0.15) is 11.8 Å². The summed E-state index contributed by atoms with van der Waals surface area (Å²) in [6, 6.07) is 0. The number of nitrogens with two attached hydrogens (primary N) is 1. The van der Waals surface area contributed by atoms with Crippen molar-refractivity contribution in [1.29, 1.82) is 0 Å². The molecule has 0 saturated carbocycles. The number of fused-ring (bicyclic) bond motifs is 1. The molecule has 1 fully saturated rings. The Hall–Kier alpha value is -1.81. The first kappa shape index (κ1) is 14.1. The highest BCUT2D eigenvalue weighted by Gasteiger charge is 2.45. The number of nitrogen functional groups attached to an aromatic ring is 1. The topological polar surface area (TPSA) is 127 Å². The largest absolute Gasteiger partial charge is 0.394 e. The van der Waals surface area contributed by atoms with Gasteiger partial charge in [0.1, 0.15) is 30.0 Å². The van der Waals surface area contributed by atoms with Crippen molar-refractivity contribution in [2.75, 3.05) is 12.3 Å². The molecule has 8 nitrogen and oxygen atoms in total. The second-order valence-electron chi connectivity index (χ2n) is 4.86. The Morgan fingerprint density at radius 2 is 2.14 bits per heavy atom. The number of anilines is 1. The van der Waals surface area contributed by atoms with Crippen molar-refractivity contribution in [2.24, 2.45) is 0 Å². The number of nitrogens with zero attached hydrogens (tertiary/aromatic N) is 3. The van der Waals surface area contributed by atoms with E-state index in [0.29, 0.717) is 16.6 Å². The van der Waals surface area contributed by atoms with Crippen molar-refractivity contribution in [3.8, 4) is 0 Å². The van der Waals surface area contributed by atoms with Gasteiger partial charge in [-0.2, -0.15) is 0 Å². The SMILES string of the molecule is Nc1ncnc2c1c(CO)cn2[C@@H]1O[C@H](CO)[C@@H](F)[C@H]1O. The normalized spacial score (nSPS) is 29.3. The predicted octanol–water partition coefficient (Wildman–Crippen LogP) is -0.906. The first-order valence-corrected chi connectivity index (χ1v) is 6.37. The summed E-state index contributed by atoms with van der Waals surface area (Å²) in [6.45, 7) is -0.857. The lowest BCUT2D eigenvalue weighted by Crippen LogP contribution is -2.29. The summed E-state index contributed by atoms with van der Waals surface area (Å²) < 4.78 is 20.6. The third-order valence-corrected chi connectivity index (χ3v) is 3.63. The zero-order chi connectivity index (χ0) is 15.1. The summed E-state index contributed by atoms with van der Waals surface area (Å²) in [5.41, 5.74) is 6.53. The molecule has 0 spiro atoms. The minimum absolute atomic E-state index is 0.172. The summed E-state index contributed by atoms with van der Waals surface area (Å²) in [4.78, 5) is 7.90. The van der Waals surface area contributed by atoms with E-state index < -0.39 is 31.2 Å². The Kier molecular flexibility index (Phi) is 3.49. The second-order valence-corrected chi connectivity index (χ2v) is 4.86. The van der Waals surface area contributed by atoms with Crippen LogP contribution in [0.4, 0.5) is 10.2 Å².